The maximum atomic E-state index is 5.75. The summed E-state index contributed by atoms with van der Waals surface area (Å²) in [5, 5.41) is 3.86. The lowest BCUT2D eigenvalue weighted by atomic mass is 9.99. The Hall–Kier alpha value is -0.860. The van der Waals surface area contributed by atoms with Crippen LogP contribution in [-0.2, 0) is 11.2 Å². The van der Waals surface area contributed by atoms with Gasteiger partial charge in [0.05, 0.1) is 6.10 Å². The number of benzene rings is 1. The number of ether oxygens (including phenoxy) is 1. The van der Waals surface area contributed by atoms with Crippen molar-refractivity contribution in [2.75, 3.05) is 6.61 Å². The molecule has 3 atom stereocenters. The van der Waals surface area contributed by atoms with Crippen LogP contribution in [0.2, 0.25) is 0 Å². The molecule has 0 bridgehead atoms. The van der Waals surface area contributed by atoms with Crippen molar-refractivity contribution in [1.29, 1.82) is 0 Å². The van der Waals surface area contributed by atoms with E-state index >= 15 is 0 Å². The van der Waals surface area contributed by atoms with E-state index in [4.69, 9.17) is 4.74 Å². The zero-order valence-electron chi connectivity index (χ0n) is 11.2. The summed E-state index contributed by atoms with van der Waals surface area (Å²) in [6, 6.07) is 10.1. The predicted molar refractivity (Wildman–Crippen MR) is 73.7 cm³/mol. The second kappa shape index (κ2) is 5.41. The highest BCUT2D eigenvalue weighted by molar-refractivity contribution is 5.34. The minimum atomic E-state index is 0.466. The van der Waals surface area contributed by atoms with Gasteiger partial charge in [0.2, 0.25) is 0 Å². The molecule has 0 aromatic heterocycles. The smallest absolute Gasteiger partial charge is 0.0587 e. The van der Waals surface area contributed by atoms with Crippen molar-refractivity contribution in [1.82, 2.24) is 5.32 Å². The zero-order valence-corrected chi connectivity index (χ0v) is 11.2. The first-order chi connectivity index (χ1) is 8.86. The fraction of sp³-hybridized carbons (Fsp3) is 0.625. The van der Waals surface area contributed by atoms with Crippen molar-refractivity contribution in [3.05, 3.63) is 35.4 Å². The Morgan fingerprint density at radius 2 is 2.17 bits per heavy atom. The molecule has 98 valence electrons. The Morgan fingerprint density at radius 3 is 3.06 bits per heavy atom. The van der Waals surface area contributed by atoms with E-state index in [1.807, 2.05) is 0 Å². The molecule has 0 radical (unpaired) electrons. The van der Waals surface area contributed by atoms with Gasteiger partial charge in [0.1, 0.15) is 0 Å². The topological polar surface area (TPSA) is 21.3 Å². The Kier molecular flexibility index (Phi) is 3.67. The molecule has 1 heterocycles. The molecule has 3 unspecified atom stereocenters. The number of nitrogens with one attached hydrogen (secondary N) is 1. The van der Waals surface area contributed by atoms with Crippen LogP contribution in [-0.4, -0.2) is 18.8 Å². The number of aryl methyl sites for hydroxylation is 1. The summed E-state index contributed by atoms with van der Waals surface area (Å²) in [6.07, 6.45) is 6.43. The SMILES string of the molecule is CCC1CC(NC2CCc3ccccc32)CCO1. The molecule has 18 heavy (non-hydrogen) atoms. The van der Waals surface area contributed by atoms with E-state index in [0.29, 0.717) is 18.2 Å². The van der Waals surface area contributed by atoms with Gasteiger partial charge in [-0.2, -0.15) is 0 Å². The Bertz CT molecular complexity index is 404. The lowest BCUT2D eigenvalue weighted by molar-refractivity contribution is -0.00198. The first-order valence-electron chi connectivity index (χ1n) is 7.32. The van der Waals surface area contributed by atoms with Gasteiger partial charge in [-0.15, -0.1) is 0 Å². The predicted octanol–water partition coefficient (Wildman–Crippen LogP) is 3.22. The number of fused-ring (bicyclic) bond motifs is 1. The van der Waals surface area contributed by atoms with Crippen LogP contribution in [0, 0.1) is 0 Å². The summed E-state index contributed by atoms with van der Waals surface area (Å²) in [5.41, 5.74) is 3.06. The molecule has 1 fully saturated rings. The van der Waals surface area contributed by atoms with E-state index in [1.54, 1.807) is 0 Å². The standard InChI is InChI=1S/C16H23NO/c1-2-14-11-13(9-10-18-14)17-16-8-7-12-5-3-4-6-15(12)16/h3-6,13-14,16-17H,2,7-11H2,1H3. The molecule has 1 saturated heterocycles. The van der Waals surface area contributed by atoms with Crippen LogP contribution in [0.3, 0.4) is 0 Å². The highest BCUT2D eigenvalue weighted by Gasteiger charge is 2.27. The van der Waals surface area contributed by atoms with Crippen molar-refractivity contribution < 1.29 is 4.74 Å². The molecule has 3 rings (SSSR count). The highest BCUT2D eigenvalue weighted by Crippen LogP contribution is 2.32. The summed E-state index contributed by atoms with van der Waals surface area (Å²) in [6.45, 7) is 3.14. The van der Waals surface area contributed by atoms with E-state index in [9.17, 15) is 0 Å². The summed E-state index contributed by atoms with van der Waals surface area (Å²) in [7, 11) is 0. The summed E-state index contributed by atoms with van der Waals surface area (Å²) in [5.74, 6) is 0. The lowest BCUT2D eigenvalue weighted by Gasteiger charge is -2.32. The molecule has 1 N–H and O–H groups in total. The Balaban J connectivity index is 1.64. The first kappa shape index (κ1) is 12.2. The number of rotatable bonds is 3. The molecule has 2 nitrogen and oxygen atoms in total. The van der Waals surface area contributed by atoms with Gasteiger partial charge in [-0.3, -0.25) is 0 Å². The fourth-order valence-electron chi connectivity index (χ4n) is 3.33. The Morgan fingerprint density at radius 1 is 1.28 bits per heavy atom. The maximum Gasteiger partial charge on any atom is 0.0587 e. The third-order valence-electron chi connectivity index (χ3n) is 4.39. The van der Waals surface area contributed by atoms with Crippen LogP contribution in [0.15, 0.2) is 24.3 Å². The average molecular weight is 245 g/mol. The highest BCUT2D eigenvalue weighted by atomic mass is 16.5. The fourth-order valence-corrected chi connectivity index (χ4v) is 3.33. The molecule has 0 spiro atoms. The molecule has 0 saturated carbocycles. The molecule has 1 aliphatic carbocycles. The van der Waals surface area contributed by atoms with Gasteiger partial charge in [0, 0.05) is 18.7 Å². The average Bonchev–Trinajstić information content (AvgIpc) is 2.83. The summed E-state index contributed by atoms with van der Waals surface area (Å²) < 4.78 is 5.75. The number of hydrogen-bond donors (Lipinski definition) is 1. The van der Waals surface area contributed by atoms with Crippen LogP contribution >= 0.6 is 0 Å². The third kappa shape index (κ3) is 2.45. The van der Waals surface area contributed by atoms with Crippen LogP contribution in [0.1, 0.15) is 49.8 Å². The monoisotopic (exact) mass is 245 g/mol. The summed E-state index contributed by atoms with van der Waals surface area (Å²) >= 11 is 0. The molecule has 1 aliphatic heterocycles. The van der Waals surface area contributed by atoms with Crippen molar-refractivity contribution in [3.8, 4) is 0 Å². The largest absolute Gasteiger partial charge is 0.378 e. The van der Waals surface area contributed by atoms with Crippen molar-refractivity contribution in [3.63, 3.8) is 0 Å². The van der Waals surface area contributed by atoms with Crippen LogP contribution in [0.5, 0.6) is 0 Å². The van der Waals surface area contributed by atoms with Gasteiger partial charge >= 0.3 is 0 Å². The van der Waals surface area contributed by atoms with Crippen molar-refractivity contribution in [2.45, 2.75) is 57.2 Å². The van der Waals surface area contributed by atoms with Crippen LogP contribution < -0.4 is 5.32 Å². The van der Waals surface area contributed by atoms with Crippen LogP contribution in [0.25, 0.3) is 0 Å². The van der Waals surface area contributed by atoms with Crippen molar-refractivity contribution in [2.24, 2.45) is 0 Å². The van der Waals surface area contributed by atoms with E-state index < -0.39 is 0 Å². The molecular weight excluding hydrogens is 222 g/mol. The molecule has 1 aromatic carbocycles. The van der Waals surface area contributed by atoms with Gasteiger partial charge in [0.15, 0.2) is 0 Å². The van der Waals surface area contributed by atoms with E-state index in [1.165, 1.54) is 30.4 Å². The second-order valence-corrected chi connectivity index (χ2v) is 5.58. The van der Waals surface area contributed by atoms with Crippen molar-refractivity contribution >= 4 is 0 Å². The van der Waals surface area contributed by atoms with Gasteiger partial charge in [0.25, 0.3) is 0 Å². The molecule has 1 aromatic rings. The second-order valence-electron chi connectivity index (χ2n) is 5.58. The lowest BCUT2D eigenvalue weighted by Crippen LogP contribution is -2.40. The minimum Gasteiger partial charge on any atom is -0.378 e. The number of hydrogen-bond acceptors (Lipinski definition) is 2. The first-order valence-corrected chi connectivity index (χ1v) is 7.32. The maximum absolute atomic E-state index is 5.75. The molecular formula is C16H23NO. The van der Waals surface area contributed by atoms with E-state index in [2.05, 4.69) is 36.5 Å². The molecule has 0 amide bonds. The van der Waals surface area contributed by atoms with Crippen LogP contribution in [0.4, 0.5) is 0 Å². The van der Waals surface area contributed by atoms with Gasteiger partial charge < -0.3 is 10.1 Å². The molecule has 2 heteroatoms. The van der Waals surface area contributed by atoms with Gasteiger partial charge in [-0.05, 0) is 43.2 Å². The normalized spacial score (nSPS) is 31.3. The minimum absolute atomic E-state index is 0.466. The summed E-state index contributed by atoms with van der Waals surface area (Å²) in [4.78, 5) is 0. The van der Waals surface area contributed by atoms with E-state index in [0.717, 1.165) is 19.4 Å². The zero-order chi connectivity index (χ0) is 12.4. The van der Waals surface area contributed by atoms with E-state index in [-0.39, 0.29) is 0 Å². The quantitative estimate of drug-likeness (QED) is 0.883. The van der Waals surface area contributed by atoms with Gasteiger partial charge in [-0.1, -0.05) is 31.2 Å². The molecule has 2 aliphatic rings. The van der Waals surface area contributed by atoms with Gasteiger partial charge in [-0.25, -0.2) is 0 Å². The third-order valence-corrected chi connectivity index (χ3v) is 4.39. The Labute approximate surface area is 110 Å².